The lowest BCUT2D eigenvalue weighted by atomic mass is 10.2. The molecule has 2 aromatic carbocycles. The lowest BCUT2D eigenvalue weighted by molar-refractivity contribution is -0.132. The summed E-state index contributed by atoms with van der Waals surface area (Å²) in [5, 5.41) is 9.82. The molecule has 0 saturated heterocycles. The number of phenols is 1. The molecule has 0 radical (unpaired) electrons. The van der Waals surface area contributed by atoms with E-state index in [0.717, 1.165) is 0 Å². The highest BCUT2D eigenvalue weighted by atomic mass is 35.5. The first-order valence-corrected chi connectivity index (χ1v) is 6.78. The number of Topliss-reactive ketones (excluding diaryl/α,β-unsaturated/α-hetero) is 1. The predicted molar refractivity (Wildman–Crippen MR) is 80.5 cm³/mol. The molecule has 0 heterocycles. The molecule has 5 nitrogen and oxygen atoms in total. The summed E-state index contributed by atoms with van der Waals surface area (Å²) in [5.74, 6) is 0.166. The normalized spacial score (nSPS) is 11.5. The van der Waals surface area contributed by atoms with E-state index in [1.165, 1.54) is 12.1 Å². The molecule has 0 aliphatic carbocycles. The van der Waals surface area contributed by atoms with Crippen LogP contribution in [0.1, 0.15) is 0 Å². The molecule has 1 unspecified atom stereocenters. The van der Waals surface area contributed by atoms with Gasteiger partial charge in [-0.1, -0.05) is 17.7 Å². The zero-order valence-electron chi connectivity index (χ0n) is 11.4. The van der Waals surface area contributed by atoms with E-state index in [9.17, 15) is 14.7 Å². The summed E-state index contributed by atoms with van der Waals surface area (Å²) in [5.41, 5.74) is 0. The summed E-state index contributed by atoms with van der Waals surface area (Å²) in [7, 11) is 0. The summed E-state index contributed by atoms with van der Waals surface area (Å²) in [6.45, 7) is -0.347. The summed E-state index contributed by atoms with van der Waals surface area (Å²) in [4.78, 5) is 22.9. The molecule has 0 amide bonds. The molecule has 1 atom stereocenters. The van der Waals surface area contributed by atoms with Crippen molar-refractivity contribution in [2.75, 3.05) is 6.61 Å². The van der Waals surface area contributed by atoms with Crippen molar-refractivity contribution in [3.8, 4) is 17.2 Å². The Balaban J connectivity index is 1.94. The van der Waals surface area contributed by atoms with Crippen LogP contribution in [-0.2, 0) is 9.59 Å². The quantitative estimate of drug-likeness (QED) is 0.627. The predicted octanol–water partition coefficient (Wildman–Crippen LogP) is 2.64. The summed E-state index contributed by atoms with van der Waals surface area (Å²) in [6, 6.07) is 12.3. The molecule has 2 rings (SSSR count). The Morgan fingerprint density at radius 3 is 2.55 bits per heavy atom. The number of ketones is 1. The van der Waals surface area contributed by atoms with E-state index in [1.807, 2.05) is 0 Å². The lowest BCUT2D eigenvalue weighted by Gasteiger charge is -2.13. The second-order valence-electron chi connectivity index (χ2n) is 4.38. The first-order chi connectivity index (χ1) is 10.6. The molecule has 0 aliphatic rings. The van der Waals surface area contributed by atoms with E-state index in [-0.39, 0.29) is 12.4 Å². The van der Waals surface area contributed by atoms with Crippen molar-refractivity contribution in [1.29, 1.82) is 0 Å². The largest absolute Gasteiger partial charge is 0.508 e. The van der Waals surface area contributed by atoms with Crippen LogP contribution in [0.5, 0.6) is 17.2 Å². The van der Waals surface area contributed by atoms with Gasteiger partial charge < -0.3 is 14.6 Å². The zero-order chi connectivity index (χ0) is 15.9. The Labute approximate surface area is 132 Å². The molecule has 0 bridgehead atoms. The SMILES string of the molecule is O=CC(Oc1ccc(Cl)cc1)C(=O)COc1cccc(O)c1. The van der Waals surface area contributed by atoms with Crippen LogP contribution in [0.25, 0.3) is 0 Å². The molecule has 6 heteroatoms. The van der Waals surface area contributed by atoms with Gasteiger partial charge in [0, 0.05) is 11.1 Å². The highest BCUT2D eigenvalue weighted by Gasteiger charge is 2.20. The van der Waals surface area contributed by atoms with Crippen LogP contribution in [0.3, 0.4) is 0 Å². The van der Waals surface area contributed by atoms with Gasteiger partial charge in [0.15, 0.2) is 12.9 Å². The Kier molecular flexibility index (Phi) is 5.38. The van der Waals surface area contributed by atoms with Gasteiger partial charge in [-0.15, -0.1) is 0 Å². The van der Waals surface area contributed by atoms with E-state index in [2.05, 4.69) is 0 Å². The van der Waals surface area contributed by atoms with Crippen molar-refractivity contribution in [3.05, 3.63) is 53.6 Å². The first kappa shape index (κ1) is 15.9. The first-order valence-electron chi connectivity index (χ1n) is 6.40. The highest BCUT2D eigenvalue weighted by Crippen LogP contribution is 2.19. The number of hydrogen-bond acceptors (Lipinski definition) is 5. The van der Waals surface area contributed by atoms with Crippen LogP contribution in [0, 0.1) is 0 Å². The van der Waals surface area contributed by atoms with E-state index in [4.69, 9.17) is 21.1 Å². The van der Waals surface area contributed by atoms with Crippen molar-refractivity contribution >= 4 is 23.7 Å². The molecular weight excluding hydrogens is 308 g/mol. The second kappa shape index (κ2) is 7.47. The minimum Gasteiger partial charge on any atom is -0.508 e. The molecule has 0 aliphatic heterocycles. The maximum atomic E-state index is 11.9. The Morgan fingerprint density at radius 1 is 1.18 bits per heavy atom. The second-order valence-corrected chi connectivity index (χ2v) is 4.82. The Hall–Kier alpha value is -2.53. The van der Waals surface area contributed by atoms with Crippen molar-refractivity contribution in [2.45, 2.75) is 6.10 Å². The molecule has 0 saturated carbocycles. The topological polar surface area (TPSA) is 72.8 Å². The van der Waals surface area contributed by atoms with Crippen LogP contribution >= 0.6 is 11.6 Å². The van der Waals surface area contributed by atoms with E-state index in [0.29, 0.717) is 22.8 Å². The Morgan fingerprint density at radius 2 is 1.91 bits per heavy atom. The van der Waals surface area contributed by atoms with Gasteiger partial charge >= 0.3 is 0 Å². The van der Waals surface area contributed by atoms with Crippen molar-refractivity contribution in [2.24, 2.45) is 0 Å². The molecule has 0 fully saturated rings. The van der Waals surface area contributed by atoms with Gasteiger partial charge in [-0.2, -0.15) is 0 Å². The van der Waals surface area contributed by atoms with Gasteiger partial charge in [0.2, 0.25) is 11.9 Å². The third-order valence-electron chi connectivity index (χ3n) is 2.72. The van der Waals surface area contributed by atoms with Gasteiger partial charge in [0.1, 0.15) is 17.2 Å². The molecule has 114 valence electrons. The smallest absolute Gasteiger partial charge is 0.217 e. The average Bonchev–Trinajstić information content (AvgIpc) is 2.52. The molecule has 2 aromatic rings. The number of rotatable bonds is 7. The fraction of sp³-hybridized carbons (Fsp3) is 0.125. The molecule has 22 heavy (non-hydrogen) atoms. The third-order valence-corrected chi connectivity index (χ3v) is 2.97. The van der Waals surface area contributed by atoms with Gasteiger partial charge in [0.25, 0.3) is 0 Å². The number of phenolic OH excluding ortho intramolecular Hbond substituents is 1. The summed E-state index contributed by atoms with van der Waals surface area (Å²) < 4.78 is 10.5. The van der Waals surface area contributed by atoms with Crippen molar-refractivity contribution < 1.29 is 24.2 Å². The van der Waals surface area contributed by atoms with Crippen molar-refractivity contribution in [1.82, 2.24) is 0 Å². The number of carbonyl (C=O) groups is 2. The summed E-state index contributed by atoms with van der Waals surface area (Å²) in [6.07, 6.45) is -0.860. The third kappa shape index (κ3) is 4.49. The number of aromatic hydroxyl groups is 1. The number of aldehydes is 1. The molecule has 0 spiro atoms. The van der Waals surface area contributed by atoms with Gasteiger partial charge in [0.05, 0.1) is 0 Å². The van der Waals surface area contributed by atoms with Crippen molar-refractivity contribution in [3.63, 3.8) is 0 Å². The maximum Gasteiger partial charge on any atom is 0.217 e. The lowest BCUT2D eigenvalue weighted by Crippen LogP contribution is -2.33. The number of benzene rings is 2. The average molecular weight is 321 g/mol. The zero-order valence-corrected chi connectivity index (χ0v) is 12.2. The van der Waals surface area contributed by atoms with Gasteiger partial charge in [-0.25, -0.2) is 0 Å². The molecule has 0 aromatic heterocycles. The Bertz CT molecular complexity index is 654. The van der Waals surface area contributed by atoms with Gasteiger partial charge in [-0.05, 0) is 36.4 Å². The minimum absolute atomic E-state index is 0.0225. The monoisotopic (exact) mass is 320 g/mol. The number of carbonyl (C=O) groups excluding carboxylic acids is 2. The van der Waals surface area contributed by atoms with E-state index >= 15 is 0 Å². The number of hydrogen-bond donors (Lipinski definition) is 1. The van der Waals surface area contributed by atoms with Crippen LogP contribution in [-0.4, -0.2) is 29.9 Å². The van der Waals surface area contributed by atoms with Crippen LogP contribution < -0.4 is 9.47 Å². The minimum atomic E-state index is -1.27. The fourth-order valence-corrected chi connectivity index (χ4v) is 1.77. The van der Waals surface area contributed by atoms with Gasteiger partial charge in [-0.3, -0.25) is 9.59 Å². The van der Waals surface area contributed by atoms with Crippen LogP contribution in [0.2, 0.25) is 5.02 Å². The number of halogens is 1. The van der Waals surface area contributed by atoms with E-state index < -0.39 is 11.9 Å². The number of ether oxygens (including phenoxy) is 2. The molecular formula is C16H13ClO5. The fourth-order valence-electron chi connectivity index (χ4n) is 1.64. The molecule has 1 N–H and O–H groups in total. The highest BCUT2D eigenvalue weighted by molar-refractivity contribution is 6.30. The standard InChI is InChI=1S/C16H13ClO5/c17-11-4-6-13(7-5-11)22-16(9-18)15(20)10-21-14-3-1-2-12(19)8-14/h1-9,16,19H,10H2. The van der Waals surface area contributed by atoms with Crippen LogP contribution in [0.4, 0.5) is 0 Å². The maximum absolute atomic E-state index is 11.9. The summed E-state index contributed by atoms with van der Waals surface area (Å²) >= 11 is 5.74. The van der Waals surface area contributed by atoms with E-state index in [1.54, 1.807) is 36.4 Å². The van der Waals surface area contributed by atoms with Crippen LogP contribution in [0.15, 0.2) is 48.5 Å².